The molecule has 0 radical (unpaired) electrons. The Balaban J connectivity index is 1.60. The summed E-state index contributed by atoms with van der Waals surface area (Å²) in [6.45, 7) is 0.322. The average Bonchev–Trinajstić information content (AvgIpc) is 3.25. The van der Waals surface area contributed by atoms with Gasteiger partial charge in [0.05, 0.1) is 10.6 Å². The Kier molecular flexibility index (Phi) is 5.57. The van der Waals surface area contributed by atoms with Crippen molar-refractivity contribution in [3.05, 3.63) is 101 Å². The Morgan fingerprint density at radius 2 is 1.63 bits per heavy atom. The summed E-state index contributed by atoms with van der Waals surface area (Å²) in [5, 5.41) is 4.86. The Labute approximate surface area is 178 Å². The van der Waals surface area contributed by atoms with E-state index in [2.05, 4.69) is 5.10 Å². The van der Waals surface area contributed by atoms with Gasteiger partial charge in [0.2, 0.25) is 0 Å². The van der Waals surface area contributed by atoms with Gasteiger partial charge in [0.25, 0.3) is 10.0 Å². The minimum Gasteiger partial charge on any atom is -0.488 e. The van der Waals surface area contributed by atoms with Crippen molar-refractivity contribution < 1.29 is 17.5 Å². The first-order valence-corrected chi connectivity index (χ1v) is 10.8. The van der Waals surface area contributed by atoms with E-state index in [1.54, 1.807) is 30.3 Å². The number of nitrogens with zero attached hydrogens (tertiary/aromatic N) is 2. The second kappa shape index (κ2) is 8.30. The van der Waals surface area contributed by atoms with Gasteiger partial charge in [-0.25, -0.2) is 4.39 Å². The number of rotatable bonds is 6. The molecule has 4 rings (SSSR count). The lowest BCUT2D eigenvalue weighted by Gasteiger charge is -2.10. The van der Waals surface area contributed by atoms with Gasteiger partial charge in [-0.15, -0.1) is 0 Å². The second-order valence-corrected chi connectivity index (χ2v) is 8.68. The van der Waals surface area contributed by atoms with Crippen LogP contribution >= 0.6 is 11.6 Å². The lowest BCUT2D eigenvalue weighted by Crippen LogP contribution is -2.13. The normalized spacial score (nSPS) is 11.4. The predicted octanol–water partition coefficient (Wildman–Crippen LogP) is 5.16. The molecule has 152 valence electrons. The first-order chi connectivity index (χ1) is 14.4. The largest absolute Gasteiger partial charge is 0.488 e. The van der Waals surface area contributed by atoms with Crippen LogP contribution in [0, 0.1) is 5.82 Å². The van der Waals surface area contributed by atoms with Gasteiger partial charge in [-0.2, -0.15) is 17.6 Å². The van der Waals surface area contributed by atoms with Gasteiger partial charge in [0.1, 0.15) is 18.2 Å². The highest BCUT2D eigenvalue weighted by Gasteiger charge is 2.19. The van der Waals surface area contributed by atoms with Crippen LogP contribution in [0.4, 0.5) is 4.39 Å². The maximum Gasteiger partial charge on any atom is 0.282 e. The fourth-order valence-corrected chi connectivity index (χ4v) is 4.08. The minimum atomic E-state index is -3.93. The van der Waals surface area contributed by atoms with Crippen LogP contribution in [0.25, 0.3) is 11.3 Å². The van der Waals surface area contributed by atoms with E-state index < -0.39 is 15.8 Å². The molecule has 30 heavy (non-hydrogen) atoms. The molecule has 5 nitrogen and oxygen atoms in total. The third kappa shape index (κ3) is 4.22. The maximum atomic E-state index is 13.1. The maximum absolute atomic E-state index is 13.1. The van der Waals surface area contributed by atoms with Crippen molar-refractivity contribution in [2.24, 2.45) is 0 Å². The fourth-order valence-electron chi connectivity index (χ4n) is 2.85. The first-order valence-electron chi connectivity index (χ1n) is 8.97. The highest BCUT2D eigenvalue weighted by molar-refractivity contribution is 7.89. The molecule has 1 aromatic heterocycles. The highest BCUT2D eigenvalue weighted by Crippen LogP contribution is 2.30. The van der Waals surface area contributed by atoms with Crippen LogP contribution < -0.4 is 4.74 Å². The molecule has 0 saturated carbocycles. The van der Waals surface area contributed by atoms with Crippen molar-refractivity contribution in [1.29, 1.82) is 0 Å². The van der Waals surface area contributed by atoms with Crippen molar-refractivity contribution >= 4 is 21.6 Å². The molecule has 0 N–H and O–H groups in total. The quantitative estimate of drug-likeness (QED) is 0.414. The fraction of sp³-hybridized carbons (Fsp3) is 0.0455. The number of para-hydroxylation sites is 1. The van der Waals surface area contributed by atoms with Crippen molar-refractivity contribution in [2.75, 3.05) is 0 Å². The predicted molar refractivity (Wildman–Crippen MR) is 112 cm³/mol. The van der Waals surface area contributed by atoms with E-state index in [0.29, 0.717) is 28.6 Å². The molecule has 0 bridgehead atoms. The highest BCUT2D eigenvalue weighted by atomic mass is 35.5. The Hall–Kier alpha value is -3.16. The number of ether oxygens (including phenoxy) is 1. The molecule has 0 aliphatic carbocycles. The van der Waals surface area contributed by atoms with Gasteiger partial charge in [0.15, 0.2) is 0 Å². The average molecular weight is 443 g/mol. The number of benzene rings is 3. The molecular formula is C22H16ClFN2O3S. The minimum absolute atomic E-state index is 0.0502. The summed E-state index contributed by atoms with van der Waals surface area (Å²) in [7, 11) is -3.93. The van der Waals surface area contributed by atoms with Crippen molar-refractivity contribution in [1.82, 2.24) is 9.19 Å². The van der Waals surface area contributed by atoms with E-state index >= 15 is 0 Å². The topological polar surface area (TPSA) is 61.2 Å². The number of halogens is 2. The molecule has 0 fully saturated rings. The molecule has 4 aromatic rings. The van der Waals surface area contributed by atoms with Crippen LogP contribution in [0.3, 0.4) is 0 Å². The monoisotopic (exact) mass is 442 g/mol. The zero-order valence-corrected chi connectivity index (χ0v) is 17.1. The molecule has 0 unspecified atom stereocenters. The van der Waals surface area contributed by atoms with Crippen LogP contribution in [0.15, 0.2) is 90.0 Å². The Bertz CT molecular complexity index is 1270. The molecule has 8 heteroatoms. The van der Waals surface area contributed by atoms with Crippen LogP contribution in [-0.4, -0.2) is 17.6 Å². The molecule has 0 amide bonds. The zero-order valence-electron chi connectivity index (χ0n) is 15.6. The van der Waals surface area contributed by atoms with Crippen LogP contribution in [-0.2, 0) is 16.6 Å². The molecule has 3 aromatic carbocycles. The van der Waals surface area contributed by atoms with Gasteiger partial charge in [-0.05, 0) is 60.2 Å². The van der Waals surface area contributed by atoms with E-state index in [4.69, 9.17) is 16.3 Å². The third-order valence-corrected chi connectivity index (χ3v) is 6.21. The SMILES string of the molecule is O=S(=O)(c1ccc(F)cc1)n1ccc(-c2ccccc2OCc2ccc(Cl)cc2)n1. The lowest BCUT2D eigenvalue weighted by atomic mass is 10.1. The molecule has 1 heterocycles. The van der Waals surface area contributed by atoms with Gasteiger partial charge >= 0.3 is 0 Å². The Morgan fingerprint density at radius 3 is 2.37 bits per heavy atom. The smallest absolute Gasteiger partial charge is 0.282 e. The molecular weight excluding hydrogens is 427 g/mol. The number of hydrogen-bond donors (Lipinski definition) is 0. The van der Waals surface area contributed by atoms with E-state index in [1.165, 1.54) is 18.3 Å². The second-order valence-electron chi connectivity index (χ2n) is 6.44. The summed E-state index contributed by atoms with van der Waals surface area (Å²) in [6, 6.07) is 20.7. The van der Waals surface area contributed by atoms with Gasteiger partial charge in [0, 0.05) is 16.8 Å². The summed E-state index contributed by atoms with van der Waals surface area (Å²) >= 11 is 5.91. The van der Waals surface area contributed by atoms with E-state index in [-0.39, 0.29) is 4.90 Å². The zero-order chi connectivity index (χ0) is 21.1. The van der Waals surface area contributed by atoms with Crippen LogP contribution in [0.1, 0.15) is 5.56 Å². The summed E-state index contributed by atoms with van der Waals surface area (Å²) in [6.07, 6.45) is 1.35. The molecule has 0 atom stereocenters. The van der Waals surface area contributed by atoms with Gasteiger partial charge in [-0.1, -0.05) is 35.9 Å². The summed E-state index contributed by atoms with van der Waals surface area (Å²) < 4.78 is 45.4. The molecule has 0 aliphatic heterocycles. The summed E-state index contributed by atoms with van der Waals surface area (Å²) in [5.41, 5.74) is 2.03. The van der Waals surface area contributed by atoms with Crippen LogP contribution in [0.2, 0.25) is 5.02 Å². The molecule has 0 aliphatic rings. The molecule has 0 spiro atoms. The van der Waals surface area contributed by atoms with E-state index in [9.17, 15) is 12.8 Å². The number of aromatic nitrogens is 2. The van der Waals surface area contributed by atoms with E-state index in [1.807, 2.05) is 24.3 Å². The van der Waals surface area contributed by atoms with Crippen molar-refractivity contribution in [3.63, 3.8) is 0 Å². The van der Waals surface area contributed by atoms with Crippen molar-refractivity contribution in [2.45, 2.75) is 11.5 Å². The van der Waals surface area contributed by atoms with Gasteiger partial charge < -0.3 is 4.74 Å². The summed E-state index contributed by atoms with van der Waals surface area (Å²) in [5.74, 6) is 0.0544. The van der Waals surface area contributed by atoms with Gasteiger partial charge in [-0.3, -0.25) is 0 Å². The van der Waals surface area contributed by atoms with Crippen LogP contribution in [0.5, 0.6) is 5.75 Å². The third-order valence-electron chi connectivity index (χ3n) is 4.39. The number of hydrogen-bond acceptors (Lipinski definition) is 4. The first kappa shape index (κ1) is 20.1. The lowest BCUT2D eigenvalue weighted by molar-refractivity contribution is 0.307. The molecule has 0 saturated heterocycles. The summed E-state index contributed by atoms with van der Waals surface area (Å²) in [4.78, 5) is -0.0502. The standard InChI is InChI=1S/C22H16ClFN2O3S/c23-17-7-5-16(6-8-17)15-29-22-4-2-1-3-20(22)21-13-14-26(25-21)30(27,28)19-11-9-18(24)10-12-19/h1-14H,15H2. The van der Waals surface area contributed by atoms with E-state index in [0.717, 1.165) is 21.8 Å². The Morgan fingerprint density at radius 1 is 0.933 bits per heavy atom. The van der Waals surface area contributed by atoms with Crippen molar-refractivity contribution in [3.8, 4) is 17.0 Å².